The first kappa shape index (κ1) is 26.7. The molecule has 0 aromatic carbocycles. The number of nitrogens with two attached hydrogens (primary N) is 1. The average molecular weight is 559 g/mol. The fourth-order valence-electron chi connectivity index (χ4n) is 5.58. The normalized spacial score (nSPS) is 29.4. The lowest BCUT2D eigenvalue weighted by Crippen LogP contribution is -2.43. The lowest BCUT2D eigenvalue weighted by molar-refractivity contribution is -0.137. The summed E-state index contributed by atoms with van der Waals surface area (Å²) in [6.45, 7) is 1.44. The molecule has 4 aliphatic rings. The van der Waals surface area contributed by atoms with Gasteiger partial charge in [-0.05, 0) is 31.6 Å². The second-order valence-corrected chi connectivity index (χ2v) is 11.2. The molecule has 2 aromatic heterocycles. The summed E-state index contributed by atoms with van der Waals surface area (Å²) in [5, 5.41) is 24.0. The van der Waals surface area contributed by atoms with Gasteiger partial charge in [-0.15, -0.1) is 0 Å². The smallest absolute Gasteiger partial charge is 0.410 e. The Morgan fingerprint density at radius 1 is 1.18 bits per heavy atom. The van der Waals surface area contributed by atoms with E-state index >= 15 is 0 Å². The molecule has 5 atom stereocenters. The number of anilines is 1. The van der Waals surface area contributed by atoms with E-state index in [0.29, 0.717) is 55.9 Å². The Hall–Kier alpha value is -3.56. The number of carbonyl (C=O) groups is 3. The van der Waals surface area contributed by atoms with Gasteiger partial charge in [0.1, 0.15) is 29.7 Å². The fourth-order valence-corrected chi connectivity index (χ4v) is 5.58. The number of likely N-dealkylation sites (N-methyl/N-ethyl adjacent to an activating group) is 1. The van der Waals surface area contributed by atoms with Gasteiger partial charge in [0.2, 0.25) is 5.91 Å². The van der Waals surface area contributed by atoms with Gasteiger partial charge < -0.3 is 40.5 Å². The number of aliphatic hydroxyl groups excluding tert-OH is 2. The van der Waals surface area contributed by atoms with Crippen LogP contribution >= 0.6 is 0 Å². The topological polar surface area (TPSA) is 198 Å². The zero-order valence-electron chi connectivity index (χ0n) is 22.2. The van der Waals surface area contributed by atoms with Crippen molar-refractivity contribution in [2.45, 2.75) is 75.2 Å². The summed E-state index contributed by atoms with van der Waals surface area (Å²) in [6, 6.07) is 0.0844. The van der Waals surface area contributed by atoms with E-state index < -0.39 is 42.6 Å². The van der Waals surface area contributed by atoms with Crippen molar-refractivity contribution >= 4 is 34.9 Å². The molecule has 1 saturated carbocycles. The second-order valence-electron chi connectivity index (χ2n) is 11.2. The molecule has 0 bridgehead atoms. The summed E-state index contributed by atoms with van der Waals surface area (Å²) in [4.78, 5) is 53.4. The van der Waals surface area contributed by atoms with Gasteiger partial charge in [-0.1, -0.05) is 0 Å². The first-order chi connectivity index (χ1) is 19.2. The SMILES string of the molecule is CN1CC(OC(=O)N2CCC(Cc3nc(N)c4ncn([C@@H]5O[C@H](C(=O)NC6CC6)[C@H](O)[C@@H]5O)c4n3)CC2)CC1=O. The summed E-state index contributed by atoms with van der Waals surface area (Å²) in [6.07, 6.45) is -0.574. The van der Waals surface area contributed by atoms with Crippen molar-refractivity contribution in [3.8, 4) is 0 Å². The maximum Gasteiger partial charge on any atom is 0.410 e. The molecule has 5 N–H and O–H groups in total. The van der Waals surface area contributed by atoms with E-state index in [4.69, 9.17) is 15.2 Å². The first-order valence-electron chi connectivity index (χ1n) is 13.7. The highest BCUT2D eigenvalue weighted by atomic mass is 16.6. The number of hydrogen-bond acceptors (Lipinski definition) is 11. The van der Waals surface area contributed by atoms with Crippen molar-refractivity contribution in [1.82, 2.24) is 34.6 Å². The second kappa shape index (κ2) is 10.4. The number of hydrogen-bond donors (Lipinski definition) is 4. The number of nitrogens with zero attached hydrogens (tertiary/aromatic N) is 6. The molecule has 15 nitrogen and oxygen atoms in total. The maximum atomic E-state index is 12.6. The Labute approximate surface area is 229 Å². The van der Waals surface area contributed by atoms with Crippen molar-refractivity contribution in [3.05, 3.63) is 12.2 Å². The number of imidazole rings is 1. The van der Waals surface area contributed by atoms with Crippen LogP contribution < -0.4 is 11.1 Å². The van der Waals surface area contributed by atoms with Crippen LogP contribution in [0.4, 0.5) is 10.6 Å². The number of amides is 3. The van der Waals surface area contributed by atoms with E-state index in [1.807, 2.05) is 0 Å². The number of ether oxygens (including phenoxy) is 2. The number of nitrogens with one attached hydrogen (secondary N) is 1. The molecule has 6 rings (SSSR count). The third kappa shape index (κ3) is 5.15. The van der Waals surface area contributed by atoms with Crippen LogP contribution in [0.5, 0.6) is 0 Å². The molecule has 1 unspecified atom stereocenters. The summed E-state index contributed by atoms with van der Waals surface area (Å²) in [5.74, 6) is 0.360. The molecule has 216 valence electrons. The summed E-state index contributed by atoms with van der Waals surface area (Å²) >= 11 is 0. The molecule has 0 spiro atoms. The van der Waals surface area contributed by atoms with Gasteiger partial charge in [-0.3, -0.25) is 14.2 Å². The van der Waals surface area contributed by atoms with Crippen LogP contribution in [-0.4, -0.2) is 115 Å². The van der Waals surface area contributed by atoms with E-state index in [0.717, 1.165) is 12.8 Å². The minimum absolute atomic E-state index is 0.0295. The number of aromatic nitrogens is 4. The third-order valence-electron chi connectivity index (χ3n) is 8.11. The largest absolute Gasteiger partial charge is 0.444 e. The van der Waals surface area contributed by atoms with Crippen LogP contribution in [-0.2, 0) is 25.5 Å². The van der Waals surface area contributed by atoms with Crippen LogP contribution in [0.1, 0.15) is 44.2 Å². The zero-order valence-corrected chi connectivity index (χ0v) is 22.2. The molecule has 3 saturated heterocycles. The highest BCUT2D eigenvalue weighted by Gasteiger charge is 2.48. The zero-order chi connectivity index (χ0) is 28.1. The van der Waals surface area contributed by atoms with Gasteiger partial charge in [0.15, 0.2) is 23.8 Å². The van der Waals surface area contributed by atoms with Gasteiger partial charge in [0.25, 0.3) is 5.91 Å². The molecule has 1 aliphatic carbocycles. The maximum absolute atomic E-state index is 12.6. The lowest BCUT2D eigenvalue weighted by Gasteiger charge is -2.31. The fraction of sp³-hybridized carbons (Fsp3) is 0.680. The molecule has 2 aromatic rings. The number of aliphatic hydroxyl groups is 2. The number of rotatable bonds is 6. The highest BCUT2D eigenvalue weighted by Crippen LogP contribution is 2.33. The van der Waals surface area contributed by atoms with Crippen LogP contribution in [0.25, 0.3) is 11.2 Å². The number of likely N-dealkylation sites (tertiary alicyclic amines) is 2. The molecule has 40 heavy (non-hydrogen) atoms. The van der Waals surface area contributed by atoms with Gasteiger partial charge >= 0.3 is 6.09 Å². The average Bonchev–Trinajstić information content (AvgIpc) is 3.43. The van der Waals surface area contributed by atoms with E-state index in [2.05, 4.69) is 20.3 Å². The van der Waals surface area contributed by atoms with Crippen LogP contribution in [0.2, 0.25) is 0 Å². The molecule has 3 amide bonds. The van der Waals surface area contributed by atoms with Crippen molar-refractivity contribution in [2.24, 2.45) is 5.92 Å². The molecule has 4 fully saturated rings. The Morgan fingerprint density at radius 3 is 2.60 bits per heavy atom. The van der Waals surface area contributed by atoms with Gasteiger partial charge in [0.05, 0.1) is 19.3 Å². The summed E-state index contributed by atoms with van der Waals surface area (Å²) < 4.78 is 12.8. The monoisotopic (exact) mass is 558 g/mol. The predicted octanol–water partition coefficient (Wildman–Crippen LogP) is -1.07. The summed E-state index contributed by atoms with van der Waals surface area (Å²) in [7, 11) is 1.69. The quantitative estimate of drug-likeness (QED) is 0.337. The Kier molecular flexibility index (Phi) is 6.96. The standard InChI is InChI=1S/C25H34N8O7/c1-31-10-14(9-16(31)34)39-25(38)32-6-4-12(5-7-32)8-15-29-21(26)17-22(30-15)33(11-27-17)24-19(36)18(35)20(40-24)23(37)28-13-2-3-13/h11-14,18-20,24,35-36H,2-10H2,1H3,(H,28,37)(H2,26,29,30)/t14?,18-,19+,20+,24-/m1/s1. The van der Waals surface area contributed by atoms with Crippen LogP contribution in [0, 0.1) is 5.92 Å². The van der Waals surface area contributed by atoms with E-state index in [1.165, 1.54) is 10.9 Å². The van der Waals surface area contributed by atoms with Gasteiger partial charge in [-0.25, -0.2) is 19.7 Å². The summed E-state index contributed by atoms with van der Waals surface area (Å²) in [5.41, 5.74) is 6.85. The molecule has 3 aliphatic heterocycles. The molecular formula is C25H34N8O7. The minimum atomic E-state index is -1.41. The lowest BCUT2D eigenvalue weighted by atomic mass is 9.93. The van der Waals surface area contributed by atoms with Crippen LogP contribution in [0.3, 0.4) is 0 Å². The van der Waals surface area contributed by atoms with Crippen molar-refractivity contribution in [1.29, 1.82) is 0 Å². The molecule has 15 heteroatoms. The van der Waals surface area contributed by atoms with Gasteiger partial charge in [-0.2, -0.15) is 0 Å². The molecule has 0 radical (unpaired) electrons. The Bertz CT molecular complexity index is 1310. The first-order valence-corrected chi connectivity index (χ1v) is 13.7. The number of piperidine rings is 1. The van der Waals surface area contributed by atoms with Crippen molar-refractivity contribution in [3.63, 3.8) is 0 Å². The number of fused-ring (bicyclic) bond motifs is 1. The van der Waals surface area contributed by atoms with Crippen molar-refractivity contribution in [2.75, 3.05) is 32.4 Å². The minimum Gasteiger partial charge on any atom is -0.444 e. The van der Waals surface area contributed by atoms with E-state index in [9.17, 15) is 24.6 Å². The predicted molar refractivity (Wildman–Crippen MR) is 137 cm³/mol. The Balaban J connectivity index is 1.10. The Morgan fingerprint density at radius 2 is 1.93 bits per heavy atom. The van der Waals surface area contributed by atoms with E-state index in [1.54, 1.807) is 16.8 Å². The van der Waals surface area contributed by atoms with Crippen LogP contribution in [0.15, 0.2) is 6.33 Å². The number of carbonyl (C=O) groups excluding carboxylic acids is 3. The van der Waals surface area contributed by atoms with Crippen molar-refractivity contribution < 1.29 is 34.1 Å². The third-order valence-corrected chi connectivity index (χ3v) is 8.11. The number of nitrogen functional groups attached to an aromatic ring is 1. The molecular weight excluding hydrogens is 524 g/mol. The van der Waals surface area contributed by atoms with Gasteiger partial charge in [0, 0.05) is 32.6 Å². The van der Waals surface area contributed by atoms with E-state index in [-0.39, 0.29) is 30.1 Å². The molecule has 5 heterocycles. The highest BCUT2D eigenvalue weighted by molar-refractivity contribution is 5.83.